The smallest absolute Gasteiger partial charge is 0.268 e. The van der Waals surface area contributed by atoms with Crippen LogP contribution in [0.3, 0.4) is 0 Å². The number of nitrogens with zero attached hydrogens (tertiary/aromatic N) is 8. The Labute approximate surface area is 351 Å². The maximum Gasteiger partial charge on any atom is 0.268 e. The number of aromatic nitrogens is 2. The van der Waals surface area contributed by atoms with Crippen molar-refractivity contribution in [1.29, 1.82) is 5.26 Å². The fourth-order valence-electron chi connectivity index (χ4n) is 10.2. The number of halogens is 2. The van der Waals surface area contributed by atoms with Crippen LogP contribution >= 0.6 is 11.6 Å². The number of benzene rings is 2. The van der Waals surface area contributed by atoms with Gasteiger partial charge in [0.2, 0.25) is 5.91 Å². The van der Waals surface area contributed by atoms with Gasteiger partial charge < -0.3 is 25.2 Å². The van der Waals surface area contributed by atoms with Gasteiger partial charge in [-0.2, -0.15) is 5.26 Å². The number of ether oxygens (including phenoxy) is 1. The van der Waals surface area contributed by atoms with Crippen molar-refractivity contribution in [3.05, 3.63) is 75.9 Å². The Balaban J connectivity index is 0.787. The Morgan fingerprint density at radius 1 is 0.850 bits per heavy atom. The predicted octanol–water partition coefficient (Wildman–Crippen LogP) is 4.31. The van der Waals surface area contributed by atoms with Crippen molar-refractivity contribution in [2.45, 2.75) is 88.4 Å². The minimum absolute atomic E-state index is 0.000664. The quantitative estimate of drug-likeness (QED) is 0.318. The molecule has 5 fully saturated rings. The van der Waals surface area contributed by atoms with Gasteiger partial charge in [-0.1, -0.05) is 11.6 Å². The van der Waals surface area contributed by atoms with Gasteiger partial charge in [0.05, 0.1) is 45.9 Å². The number of anilines is 2. The molecule has 1 aromatic heterocycles. The lowest BCUT2D eigenvalue weighted by molar-refractivity contribution is -0.155. The molecule has 3 aromatic rings. The second-order valence-corrected chi connectivity index (χ2v) is 17.4. The van der Waals surface area contributed by atoms with Crippen molar-refractivity contribution in [3.63, 3.8) is 0 Å². The van der Waals surface area contributed by atoms with Gasteiger partial charge in [0.25, 0.3) is 23.6 Å². The Kier molecular flexibility index (Phi) is 10.4. The van der Waals surface area contributed by atoms with Crippen LogP contribution in [0.4, 0.5) is 15.9 Å². The van der Waals surface area contributed by atoms with E-state index < -0.39 is 41.5 Å². The fourth-order valence-corrected chi connectivity index (χ4v) is 10.4. The standard InChI is InChI=1S/C43H45ClFN9O6/c44-32-17-29(4-1-25(32)20-46)60-28-5-2-27(3-6-28)53-38(55)8-7-35(42(53)59)54-40(57)30-18-33(45)36(19-31(30)41(54)58)52-23-43(24-52)11-15-50(16-12-43)26-9-13-51(14-10-26)37-22-48-34(21-49-37)39(47)56/h1,4,17-19,21-22,26-28,35H,2-3,5-16,23-24H2,(H2,47,56). The highest BCUT2D eigenvalue weighted by molar-refractivity contribution is 6.31. The van der Waals surface area contributed by atoms with Crippen LogP contribution in [0, 0.1) is 22.6 Å². The van der Waals surface area contributed by atoms with Gasteiger partial charge in [-0.05, 0) is 95.1 Å². The molecule has 9 rings (SSSR count). The number of piperidine rings is 3. The Hall–Kier alpha value is -5.66. The summed E-state index contributed by atoms with van der Waals surface area (Å²) >= 11 is 6.17. The van der Waals surface area contributed by atoms with Gasteiger partial charge in [-0.25, -0.2) is 14.4 Å². The molecule has 60 heavy (non-hydrogen) atoms. The van der Waals surface area contributed by atoms with Crippen molar-refractivity contribution in [1.82, 2.24) is 24.7 Å². The van der Waals surface area contributed by atoms with E-state index in [-0.39, 0.29) is 52.8 Å². The van der Waals surface area contributed by atoms with Crippen LogP contribution in [-0.4, -0.2) is 118 Å². The highest BCUT2D eigenvalue weighted by Gasteiger charge is 2.51. The highest BCUT2D eigenvalue weighted by Crippen LogP contribution is 2.45. The average Bonchev–Trinajstić information content (AvgIpc) is 3.47. The van der Waals surface area contributed by atoms with E-state index in [9.17, 15) is 24.0 Å². The minimum Gasteiger partial charge on any atom is -0.490 e. The number of rotatable bonds is 8. The molecule has 312 valence electrons. The first-order chi connectivity index (χ1) is 28.9. The number of carbonyl (C=O) groups excluding carboxylic acids is 5. The van der Waals surface area contributed by atoms with Crippen LogP contribution in [0.1, 0.15) is 101 Å². The third kappa shape index (κ3) is 7.21. The number of nitriles is 1. The second kappa shape index (κ2) is 15.7. The van der Waals surface area contributed by atoms with Gasteiger partial charge in [-0.15, -0.1) is 0 Å². The van der Waals surface area contributed by atoms with E-state index >= 15 is 4.39 Å². The largest absolute Gasteiger partial charge is 0.490 e. The zero-order valence-electron chi connectivity index (χ0n) is 33.0. The van der Waals surface area contributed by atoms with Crippen LogP contribution in [0.25, 0.3) is 0 Å². The van der Waals surface area contributed by atoms with E-state index in [2.05, 4.69) is 19.8 Å². The topological polar surface area (TPSA) is 186 Å². The Morgan fingerprint density at radius 3 is 2.18 bits per heavy atom. The maximum absolute atomic E-state index is 15.8. The molecule has 2 N–H and O–H groups in total. The van der Waals surface area contributed by atoms with E-state index in [1.807, 2.05) is 11.0 Å². The van der Waals surface area contributed by atoms with Crippen molar-refractivity contribution in [2.24, 2.45) is 11.1 Å². The van der Waals surface area contributed by atoms with E-state index in [0.29, 0.717) is 61.2 Å². The predicted molar refractivity (Wildman–Crippen MR) is 216 cm³/mol. The Bertz CT molecular complexity index is 2290. The van der Waals surface area contributed by atoms with E-state index in [1.165, 1.54) is 17.2 Å². The first kappa shape index (κ1) is 39.8. The first-order valence-corrected chi connectivity index (χ1v) is 21.1. The molecule has 0 radical (unpaired) electrons. The molecular weight excluding hydrogens is 793 g/mol. The number of amides is 5. The van der Waals surface area contributed by atoms with Crippen LogP contribution in [0.15, 0.2) is 42.7 Å². The molecular formula is C43H45ClFN9O6. The molecule has 1 spiro atoms. The number of carbonyl (C=O) groups is 5. The monoisotopic (exact) mass is 837 g/mol. The third-order valence-corrected chi connectivity index (χ3v) is 13.9. The van der Waals surface area contributed by atoms with Crippen molar-refractivity contribution >= 4 is 52.6 Å². The number of nitrogens with two attached hydrogens (primary N) is 1. The Morgan fingerprint density at radius 2 is 1.55 bits per heavy atom. The van der Waals surface area contributed by atoms with Crippen molar-refractivity contribution in [3.8, 4) is 11.8 Å². The third-order valence-electron chi connectivity index (χ3n) is 13.5. The number of hydrogen-bond donors (Lipinski definition) is 1. The van der Waals surface area contributed by atoms with Gasteiger partial charge >= 0.3 is 0 Å². The molecule has 6 aliphatic rings. The van der Waals surface area contributed by atoms with Crippen LogP contribution < -0.4 is 20.3 Å². The molecule has 1 unspecified atom stereocenters. The summed E-state index contributed by atoms with van der Waals surface area (Å²) in [6, 6.07) is 8.35. The summed E-state index contributed by atoms with van der Waals surface area (Å²) < 4.78 is 21.9. The van der Waals surface area contributed by atoms with Crippen molar-refractivity contribution < 1.29 is 33.1 Å². The highest BCUT2D eigenvalue weighted by atomic mass is 35.5. The van der Waals surface area contributed by atoms with Gasteiger partial charge in [0, 0.05) is 56.2 Å². The molecule has 15 nitrogen and oxygen atoms in total. The first-order valence-electron chi connectivity index (χ1n) is 20.7. The van der Waals surface area contributed by atoms with E-state index in [0.717, 1.165) is 68.6 Å². The lowest BCUT2D eigenvalue weighted by atomic mass is 9.71. The summed E-state index contributed by atoms with van der Waals surface area (Å²) in [4.78, 5) is 83.6. The average molecular weight is 838 g/mol. The lowest BCUT2D eigenvalue weighted by Crippen LogP contribution is -2.62. The van der Waals surface area contributed by atoms with Crippen LogP contribution in [0.5, 0.6) is 5.75 Å². The zero-order chi connectivity index (χ0) is 41.9. The number of likely N-dealkylation sites (tertiary alicyclic amines) is 2. The fraction of sp³-hybridized carbons (Fsp3) is 0.488. The van der Waals surface area contributed by atoms with E-state index in [1.54, 1.807) is 24.4 Å². The molecule has 6 heterocycles. The van der Waals surface area contributed by atoms with Crippen LogP contribution in [0.2, 0.25) is 5.02 Å². The maximum atomic E-state index is 15.8. The lowest BCUT2D eigenvalue weighted by Gasteiger charge is -2.56. The molecule has 17 heteroatoms. The summed E-state index contributed by atoms with van der Waals surface area (Å²) in [6.07, 6.45) is 8.84. The van der Waals surface area contributed by atoms with Crippen molar-refractivity contribution in [2.75, 3.05) is 49.1 Å². The summed E-state index contributed by atoms with van der Waals surface area (Å²) in [5, 5.41) is 9.45. The number of imide groups is 2. The van der Waals surface area contributed by atoms with Gasteiger partial charge in [-0.3, -0.25) is 33.8 Å². The molecule has 0 bridgehead atoms. The molecule has 5 amide bonds. The summed E-state index contributed by atoms with van der Waals surface area (Å²) in [6.45, 7) is 4.85. The minimum atomic E-state index is -1.16. The normalized spacial score (nSPS) is 24.7. The molecule has 4 saturated heterocycles. The molecule has 1 saturated carbocycles. The molecule has 2 aromatic carbocycles. The zero-order valence-corrected chi connectivity index (χ0v) is 33.8. The molecule has 1 atom stereocenters. The van der Waals surface area contributed by atoms with Crippen LogP contribution in [-0.2, 0) is 9.59 Å². The summed E-state index contributed by atoms with van der Waals surface area (Å²) in [5.41, 5.74) is 6.11. The molecule has 5 aliphatic heterocycles. The molecule has 1 aliphatic carbocycles. The summed E-state index contributed by atoms with van der Waals surface area (Å²) in [5.74, 6) is -2.22. The number of primary amides is 1. The SMILES string of the molecule is N#Cc1ccc(OC2CCC(N3C(=O)CCC(N4C(=O)c5cc(F)c(N6CC7(CCN(C8CCN(c9cnc(C(N)=O)cn9)CC8)CC7)C6)cc5C4=O)C3=O)CC2)cc1Cl. The number of fused-ring (bicyclic) bond motifs is 1. The summed E-state index contributed by atoms with van der Waals surface area (Å²) in [7, 11) is 0. The van der Waals surface area contributed by atoms with Gasteiger partial charge in [0.1, 0.15) is 35.2 Å². The van der Waals surface area contributed by atoms with Gasteiger partial charge in [0.15, 0.2) is 0 Å². The van der Waals surface area contributed by atoms with E-state index in [4.69, 9.17) is 27.3 Å². The number of hydrogen-bond acceptors (Lipinski definition) is 12. The second-order valence-electron chi connectivity index (χ2n) is 17.0.